The van der Waals surface area contributed by atoms with Gasteiger partial charge in [-0.1, -0.05) is 84.4 Å². The van der Waals surface area contributed by atoms with Crippen LogP contribution in [0.3, 0.4) is 0 Å². The van der Waals surface area contributed by atoms with Crippen LogP contribution < -0.4 is 5.32 Å². The van der Waals surface area contributed by atoms with Crippen molar-refractivity contribution >= 4 is 23.5 Å². The molecule has 4 rings (SSSR count). The second kappa shape index (κ2) is 12.7. The van der Waals surface area contributed by atoms with E-state index in [-0.39, 0.29) is 32.1 Å². The molecule has 3 aromatic rings. The van der Waals surface area contributed by atoms with Gasteiger partial charge in [-0.05, 0) is 68.4 Å². The molecule has 220 valence electrons. The number of piperidine rings is 1. The Morgan fingerprint density at radius 3 is 1.88 bits per heavy atom. The highest BCUT2D eigenvalue weighted by molar-refractivity contribution is 6.30. The summed E-state index contributed by atoms with van der Waals surface area (Å²) in [6.07, 6.45) is 0.464. The van der Waals surface area contributed by atoms with Crippen LogP contribution >= 0.6 is 11.6 Å². The Bertz CT molecular complexity index is 1400. The van der Waals surface area contributed by atoms with Gasteiger partial charge >= 0.3 is 11.9 Å². The highest BCUT2D eigenvalue weighted by atomic mass is 35.5. The van der Waals surface area contributed by atoms with Crippen LogP contribution in [0, 0.1) is 22.2 Å². The van der Waals surface area contributed by atoms with Crippen molar-refractivity contribution in [2.45, 2.75) is 69.6 Å². The third-order valence-electron chi connectivity index (χ3n) is 9.34. The van der Waals surface area contributed by atoms with Crippen LogP contribution in [0.2, 0.25) is 5.02 Å². The molecule has 4 N–H and O–H groups in total. The maximum atomic E-state index is 13.5. The first-order valence-electron chi connectivity index (χ1n) is 14.2. The Hall–Kier alpha value is -3.70. The lowest BCUT2D eigenvalue weighted by atomic mass is 9.49. The highest BCUT2D eigenvalue weighted by Crippen LogP contribution is 2.59. The van der Waals surface area contributed by atoms with Crippen LogP contribution in [0.15, 0.2) is 84.9 Å². The second-order valence-electron chi connectivity index (χ2n) is 11.4. The van der Waals surface area contributed by atoms with Crippen LogP contribution in [-0.2, 0) is 15.2 Å². The van der Waals surface area contributed by atoms with Crippen LogP contribution in [-0.4, -0.2) is 39.3 Å². The molecule has 0 aromatic heterocycles. The molecule has 1 aliphatic rings. The minimum absolute atomic E-state index is 0.0378. The number of halogens is 1. The summed E-state index contributed by atoms with van der Waals surface area (Å²) in [5, 5.41) is 47.2. The number of nitrogens with one attached hydrogen (secondary N) is 1. The van der Waals surface area contributed by atoms with Crippen molar-refractivity contribution in [3.8, 4) is 6.07 Å². The number of carbonyl (C=O) groups is 2. The van der Waals surface area contributed by atoms with Gasteiger partial charge in [0, 0.05) is 29.4 Å². The molecule has 0 aliphatic carbocycles. The summed E-state index contributed by atoms with van der Waals surface area (Å²) < 4.78 is 0. The van der Waals surface area contributed by atoms with E-state index in [1.54, 1.807) is 38.1 Å². The van der Waals surface area contributed by atoms with Crippen molar-refractivity contribution in [1.29, 1.82) is 5.26 Å². The zero-order chi connectivity index (χ0) is 30.5. The number of nitrogens with zero attached hydrogens (tertiary/aromatic N) is 1. The molecule has 5 atom stereocenters. The highest BCUT2D eigenvalue weighted by Gasteiger charge is 2.66. The van der Waals surface area contributed by atoms with E-state index in [2.05, 4.69) is 11.4 Å². The van der Waals surface area contributed by atoms with E-state index in [4.69, 9.17) is 11.6 Å². The summed E-state index contributed by atoms with van der Waals surface area (Å²) in [7, 11) is 0. The van der Waals surface area contributed by atoms with Gasteiger partial charge in [-0.2, -0.15) is 5.26 Å². The Morgan fingerprint density at radius 2 is 1.40 bits per heavy atom. The minimum atomic E-state index is -1.61. The predicted molar refractivity (Wildman–Crippen MR) is 161 cm³/mol. The van der Waals surface area contributed by atoms with Gasteiger partial charge in [0.15, 0.2) is 0 Å². The number of benzene rings is 3. The van der Waals surface area contributed by atoms with Crippen molar-refractivity contribution in [2.24, 2.45) is 10.8 Å². The van der Waals surface area contributed by atoms with Gasteiger partial charge in [-0.3, -0.25) is 9.59 Å². The quantitative estimate of drug-likeness (QED) is 0.205. The molecular weight excluding hydrogens is 552 g/mol. The zero-order valence-electron chi connectivity index (χ0n) is 23.8. The number of rotatable bonds is 11. The molecule has 7 nitrogen and oxygen atoms in total. The lowest BCUT2D eigenvalue weighted by Crippen LogP contribution is -2.69. The van der Waals surface area contributed by atoms with Crippen LogP contribution in [0.1, 0.15) is 68.6 Å². The van der Waals surface area contributed by atoms with Gasteiger partial charge in [0.25, 0.3) is 0 Å². The first-order chi connectivity index (χ1) is 20.0. The Morgan fingerprint density at radius 1 is 0.881 bits per heavy atom. The van der Waals surface area contributed by atoms with E-state index >= 15 is 0 Å². The van der Waals surface area contributed by atoms with Gasteiger partial charge in [0.2, 0.25) is 0 Å². The standard InChI is InChI=1S/C34H37ClN2O5/c1-23-32(30(38)39,18-10-20-34(42,26-13-5-3-6-14-26)27-15-7-4-8-16-27)29(25-12-9-17-28(35)22-25)33(31(40)41,19-11-21-36)24(2)37-23/h3-9,12-17,22-24,29,37,42H,10-11,18-20H2,1-2H3,(H,38,39)(H,40,41). The van der Waals surface area contributed by atoms with Gasteiger partial charge in [0.05, 0.1) is 16.9 Å². The number of carboxylic acid groups (broad SMARTS) is 2. The summed E-state index contributed by atoms with van der Waals surface area (Å²) >= 11 is 6.39. The average Bonchev–Trinajstić information content (AvgIpc) is 2.98. The number of hydrogen-bond acceptors (Lipinski definition) is 5. The molecule has 8 heteroatoms. The maximum Gasteiger partial charge on any atom is 0.311 e. The van der Waals surface area contributed by atoms with Crippen molar-refractivity contribution in [3.05, 3.63) is 107 Å². The van der Waals surface area contributed by atoms with Crippen molar-refractivity contribution in [1.82, 2.24) is 5.32 Å². The summed E-state index contributed by atoms with van der Waals surface area (Å²) in [6, 6.07) is 26.0. The normalized spacial score (nSPS) is 25.8. The molecule has 0 radical (unpaired) electrons. The molecule has 42 heavy (non-hydrogen) atoms. The Kier molecular flexibility index (Phi) is 9.42. The topological polar surface area (TPSA) is 131 Å². The van der Waals surface area contributed by atoms with E-state index in [0.29, 0.717) is 21.7 Å². The van der Waals surface area contributed by atoms with Crippen LogP contribution in [0.5, 0.6) is 0 Å². The zero-order valence-corrected chi connectivity index (χ0v) is 24.6. The first-order valence-corrected chi connectivity index (χ1v) is 14.6. The first kappa shape index (κ1) is 31.2. The maximum absolute atomic E-state index is 13.5. The molecule has 0 saturated carbocycles. The van der Waals surface area contributed by atoms with Gasteiger partial charge in [0.1, 0.15) is 5.60 Å². The van der Waals surface area contributed by atoms with Crippen LogP contribution in [0.25, 0.3) is 0 Å². The lowest BCUT2D eigenvalue weighted by molar-refractivity contribution is -0.174. The molecule has 1 saturated heterocycles. The van der Waals surface area contributed by atoms with E-state index in [1.807, 2.05) is 60.7 Å². The number of carboxylic acids is 2. The largest absolute Gasteiger partial charge is 0.481 e. The van der Waals surface area contributed by atoms with Crippen molar-refractivity contribution in [3.63, 3.8) is 0 Å². The lowest BCUT2D eigenvalue weighted by Gasteiger charge is -2.57. The Labute approximate surface area is 251 Å². The summed E-state index contributed by atoms with van der Waals surface area (Å²) in [6.45, 7) is 3.52. The van der Waals surface area contributed by atoms with E-state index in [1.165, 1.54) is 0 Å². The second-order valence-corrected chi connectivity index (χ2v) is 11.8. The van der Waals surface area contributed by atoms with Crippen LogP contribution in [0.4, 0.5) is 0 Å². The molecule has 1 fully saturated rings. The van der Waals surface area contributed by atoms with Crippen molar-refractivity contribution < 1.29 is 24.9 Å². The average molecular weight is 589 g/mol. The molecular formula is C34H37ClN2O5. The number of nitriles is 1. The van der Waals surface area contributed by atoms with E-state index in [0.717, 1.165) is 0 Å². The predicted octanol–water partition coefficient (Wildman–Crippen LogP) is 6.36. The minimum Gasteiger partial charge on any atom is -0.481 e. The molecule has 5 unspecified atom stereocenters. The molecule has 3 aromatic carbocycles. The van der Waals surface area contributed by atoms with Gasteiger partial charge in [-0.25, -0.2) is 0 Å². The van der Waals surface area contributed by atoms with Crippen molar-refractivity contribution in [2.75, 3.05) is 0 Å². The fourth-order valence-corrected chi connectivity index (χ4v) is 7.45. The van der Waals surface area contributed by atoms with Gasteiger partial charge < -0.3 is 20.6 Å². The fraction of sp³-hybridized carbons (Fsp3) is 0.382. The summed E-state index contributed by atoms with van der Waals surface area (Å²) in [4.78, 5) is 26.8. The van der Waals surface area contributed by atoms with E-state index < -0.39 is 46.4 Å². The molecule has 0 bridgehead atoms. The smallest absolute Gasteiger partial charge is 0.311 e. The monoisotopic (exact) mass is 588 g/mol. The third kappa shape index (κ3) is 5.43. The third-order valence-corrected chi connectivity index (χ3v) is 9.57. The Balaban J connectivity index is 1.85. The molecule has 0 spiro atoms. The molecule has 1 heterocycles. The number of aliphatic hydroxyl groups is 1. The molecule has 0 amide bonds. The number of hydrogen-bond donors (Lipinski definition) is 4. The number of aliphatic carboxylic acids is 2. The summed E-state index contributed by atoms with van der Waals surface area (Å²) in [5.41, 5.74) is -2.72. The van der Waals surface area contributed by atoms with E-state index in [9.17, 15) is 30.2 Å². The SMILES string of the molecule is CC1NC(C)C(CCCC(O)(c2ccccc2)c2ccccc2)(C(=O)O)C(c2cccc(Cl)c2)C1(CCC#N)C(=O)O. The summed E-state index contributed by atoms with van der Waals surface area (Å²) in [5.74, 6) is -3.31. The molecule has 1 aliphatic heterocycles. The fourth-order valence-electron chi connectivity index (χ4n) is 7.25. The van der Waals surface area contributed by atoms with Gasteiger partial charge in [-0.15, -0.1) is 0 Å².